The van der Waals surface area contributed by atoms with Crippen molar-refractivity contribution in [1.82, 2.24) is 0 Å². The van der Waals surface area contributed by atoms with Crippen molar-refractivity contribution in [2.75, 3.05) is 0 Å². The molecule has 0 aliphatic heterocycles. The predicted molar refractivity (Wildman–Crippen MR) is 126 cm³/mol. The Morgan fingerprint density at radius 1 is 0.633 bits per heavy atom. The van der Waals surface area contributed by atoms with E-state index in [1.807, 2.05) is 26.0 Å². The van der Waals surface area contributed by atoms with E-state index in [4.69, 9.17) is 23.2 Å². The van der Waals surface area contributed by atoms with E-state index in [1.54, 1.807) is 12.1 Å². The first-order valence-corrected chi connectivity index (χ1v) is 10.7. The molecule has 3 aromatic rings. The fourth-order valence-corrected chi connectivity index (χ4v) is 4.63. The molecular weight excluding hydrogens is 415 g/mol. The maximum atomic E-state index is 9.95. The maximum Gasteiger partial charge on any atom is 0.134 e. The third-order valence-electron chi connectivity index (χ3n) is 6.38. The van der Waals surface area contributed by atoms with Gasteiger partial charge in [0.2, 0.25) is 0 Å². The summed E-state index contributed by atoms with van der Waals surface area (Å²) in [4.78, 5) is 0. The van der Waals surface area contributed by atoms with Crippen LogP contribution in [0.25, 0.3) is 0 Å². The van der Waals surface area contributed by atoms with Crippen molar-refractivity contribution >= 4 is 23.2 Å². The van der Waals surface area contributed by atoms with Gasteiger partial charge in [-0.1, -0.05) is 87.3 Å². The molecule has 3 aromatic carbocycles. The molecule has 0 aromatic heterocycles. The molecule has 0 radical (unpaired) electrons. The minimum atomic E-state index is -0.310. The largest absolute Gasteiger partial charge is 0.506 e. The van der Waals surface area contributed by atoms with Gasteiger partial charge in [-0.05, 0) is 59.4 Å². The Morgan fingerprint density at radius 3 is 1.37 bits per heavy atom. The van der Waals surface area contributed by atoms with Crippen molar-refractivity contribution in [2.24, 2.45) is 0 Å². The van der Waals surface area contributed by atoms with Crippen LogP contribution in [0, 0.1) is 13.8 Å². The molecule has 0 fully saturated rings. The molecule has 0 atom stereocenters. The molecule has 3 rings (SSSR count). The minimum absolute atomic E-state index is 0.100. The van der Waals surface area contributed by atoms with Gasteiger partial charge >= 0.3 is 0 Å². The van der Waals surface area contributed by atoms with Crippen molar-refractivity contribution in [2.45, 2.75) is 52.4 Å². The van der Waals surface area contributed by atoms with Gasteiger partial charge in [0.15, 0.2) is 0 Å². The molecule has 0 bridgehead atoms. The summed E-state index contributed by atoms with van der Waals surface area (Å²) >= 11 is 12.6. The molecule has 0 aliphatic rings. The highest BCUT2D eigenvalue weighted by molar-refractivity contribution is 6.33. The highest BCUT2D eigenvalue weighted by Crippen LogP contribution is 2.42. The molecule has 0 saturated heterocycles. The van der Waals surface area contributed by atoms with Gasteiger partial charge in [-0.25, -0.2) is 0 Å². The van der Waals surface area contributed by atoms with Crippen molar-refractivity contribution in [3.8, 4) is 11.5 Å². The average molecular weight is 443 g/mol. The second-order valence-electron chi connectivity index (χ2n) is 8.97. The summed E-state index contributed by atoms with van der Waals surface area (Å²) in [5, 5.41) is 20.7. The Labute approximate surface area is 189 Å². The highest BCUT2D eigenvalue weighted by atomic mass is 35.5. The van der Waals surface area contributed by atoms with Crippen LogP contribution >= 0.6 is 23.2 Å². The van der Waals surface area contributed by atoms with E-state index in [2.05, 4.69) is 52.0 Å². The molecule has 2 nitrogen and oxygen atoms in total. The van der Waals surface area contributed by atoms with E-state index in [0.29, 0.717) is 10.0 Å². The summed E-state index contributed by atoms with van der Waals surface area (Å²) in [7, 11) is 0. The lowest BCUT2D eigenvalue weighted by molar-refractivity contribution is 0.473. The molecule has 0 heterocycles. The van der Waals surface area contributed by atoms with Crippen LogP contribution in [0.15, 0.2) is 48.5 Å². The Morgan fingerprint density at radius 2 is 1.00 bits per heavy atom. The summed E-state index contributed by atoms with van der Waals surface area (Å²) in [6.07, 6.45) is 0. The second kappa shape index (κ2) is 7.83. The zero-order chi connectivity index (χ0) is 22.4. The molecule has 30 heavy (non-hydrogen) atoms. The number of rotatable bonds is 4. The Hall–Kier alpha value is -2.16. The third kappa shape index (κ3) is 3.68. The smallest absolute Gasteiger partial charge is 0.134 e. The van der Waals surface area contributed by atoms with Crippen LogP contribution in [0.1, 0.15) is 61.1 Å². The van der Waals surface area contributed by atoms with E-state index < -0.39 is 0 Å². The second-order valence-corrected chi connectivity index (χ2v) is 9.73. The predicted octanol–water partition coefficient (Wildman–Crippen LogP) is 7.67. The van der Waals surface area contributed by atoms with Gasteiger partial charge in [-0.3, -0.25) is 0 Å². The summed E-state index contributed by atoms with van der Waals surface area (Å²) in [6.45, 7) is 12.5. The zero-order valence-electron chi connectivity index (χ0n) is 18.3. The van der Waals surface area contributed by atoms with Crippen LogP contribution in [-0.2, 0) is 10.8 Å². The van der Waals surface area contributed by atoms with E-state index in [9.17, 15) is 10.2 Å². The molecule has 2 N–H and O–H groups in total. The molecule has 0 saturated carbocycles. The van der Waals surface area contributed by atoms with Crippen molar-refractivity contribution in [1.29, 1.82) is 0 Å². The Bertz CT molecular complexity index is 1030. The topological polar surface area (TPSA) is 40.5 Å². The number of hydrogen-bond donors (Lipinski definition) is 2. The van der Waals surface area contributed by atoms with Crippen LogP contribution in [-0.4, -0.2) is 10.2 Å². The van der Waals surface area contributed by atoms with Crippen LogP contribution < -0.4 is 0 Å². The fourth-order valence-electron chi connectivity index (χ4n) is 4.30. The lowest BCUT2D eigenvalue weighted by Crippen LogP contribution is -2.24. The highest BCUT2D eigenvalue weighted by Gasteiger charge is 2.30. The van der Waals surface area contributed by atoms with Crippen molar-refractivity contribution in [3.63, 3.8) is 0 Å². The Balaban J connectivity index is 2.12. The van der Waals surface area contributed by atoms with Crippen molar-refractivity contribution in [3.05, 3.63) is 92.0 Å². The quantitative estimate of drug-likeness (QED) is 0.434. The molecule has 0 spiro atoms. The Kier molecular flexibility index (Phi) is 5.88. The van der Waals surface area contributed by atoms with Gasteiger partial charge in [-0.2, -0.15) is 0 Å². The molecular formula is C26H28Cl2O2. The van der Waals surface area contributed by atoms with E-state index in [-0.39, 0.29) is 22.3 Å². The van der Waals surface area contributed by atoms with Crippen molar-refractivity contribution < 1.29 is 10.2 Å². The van der Waals surface area contributed by atoms with Gasteiger partial charge in [0, 0.05) is 10.8 Å². The number of halogens is 2. The first-order valence-electron chi connectivity index (χ1n) is 9.97. The standard InChI is InChI=1S/C26H28Cl2O2/c1-15-19(10-12-21(29)23(15)27)25(3,4)17-8-7-9-18(14-17)26(5,6)20-11-13-22(30)24(28)16(20)2/h7-14,29-30H,1-6H3. The minimum Gasteiger partial charge on any atom is -0.506 e. The average Bonchev–Trinajstić information content (AvgIpc) is 2.70. The van der Waals surface area contributed by atoms with Gasteiger partial charge in [0.25, 0.3) is 0 Å². The number of aromatic hydroxyl groups is 2. The molecule has 4 heteroatoms. The number of phenols is 2. The van der Waals surface area contributed by atoms with Crippen LogP contribution in [0.3, 0.4) is 0 Å². The number of hydrogen-bond acceptors (Lipinski definition) is 2. The number of phenolic OH excluding ortho intramolecular Hbond substituents is 2. The third-order valence-corrected chi connectivity index (χ3v) is 7.34. The van der Waals surface area contributed by atoms with Crippen LogP contribution in [0.4, 0.5) is 0 Å². The van der Waals surface area contributed by atoms with Crippen LogP contribution in [0.2, 0.25) is 10.0 Å². The van der Waals surface area contributed by atoms with Gasteiger partial charge in [0.05, 0.1) is 10.0 Å². The summed E-state index contributed by atoms with van der Waals surface area (Å²) in [5.41, 5.74) is 5.60. The van der Waals surface area contributed by atoms with Gasteiger partial charge < -0.3 is 10.2 Å². The van der Waals surface area contributed by atoms with Gasteiger partial charge in [-0.15, -0.1) is 0 Å². The normalized spacial score (nSPS) is 12.3. The first-order chi connectivity index (χ1) is 13.9. The van der Waals surface area contributed by atoms with E-state index in [0.717, 1.165) is 33.4 Å². The molecule has 0 amide bonds. The fraction of sp³-hybridized carbons (Fsp3) is 0.308. The summed E-state index contributed by atoms with van der Waals surface area (Å²) < 4.78 is 0. The summed E-state index contributed by atoms with van der Waals surface area (Å²) in [5.74, 6) is 0.201. The zero-order valence-corrected chi connectivity index (χ0v) is 19.8. The monoisotopic (exact) mass is 442 g/mol. The number of benzene rings is 3. The summed E-state index contributed by atoms with van der Waals surface area (Å²) in [6, 6.07) is 15.7. The van der Waals surface area contributed by atoms with Crippen LogP contribution in [0.5, 0.6) is 11.5 Å². The first kappa shape index (κ1) is 22.5. The van der Waals surface area contributed by atoms with Gasteiger partial charge in [0.1, 0.15) is 11.5 Å². The maximum absolute atomic E-state index is 9.95. The lowest BCUT2D eigenvalue weighted by atomic mass is 9.72. The lowest BCUT2D eigenvalue weighted by Gasteiger charge is -2.32. The molecule has 158 valence electrons. The SMILES string of the molecule is Cc1c(C(C)(C)c2cccc(C(C)(C)c3ccc(O)c(Cl)c3C)c2)ccc(O)c1Cl. The molecule has 0 unspecified atom stereocenters. The van der Waals surface area contributed by atoms with E-state index >= 15 is 0 Å². The molecule has 0 aliphatic carbocycles. The van der Waals surface area contributed by atoms with E-state index in [1.165, 1.54) is 0 Å².